The Bertz CT molecular complexity index is 381. The highest BCUT2D eigenvalue weighted by Crippen LogP contribution is 2.43. The maximum Gasteiger partial charge on any atom is 0.0580 e. The minimum Gasteiger partial charge on any atom is -0.295 e. The number of benzene rings is 1. The lowest BCUT2D eigenvalue weighted by molar-refractivity contribution is 0.495. The SMILES string of the molecule is CCCCCCCCCCCCc1ccc(S(C)(O)O)cc1. The largest absolute Gasteiger partial charge is 0.295 e. The van der Waals surface area contributed by atoms with Crippen LogP contribution < -0.4 is 0 Å². The average Bonchev–Trinajstić information content (AvgIpc) is 2.49. The molecule has 1 aromatic rings. The van der Waals surface area contributed by atoms with Crippen LogP contribution in [0.3, 0.4) is 0 Å². The Morgan fingerprint density at radius 2 is 1.18 bits per heavy atom. The van der Waals surface area contributed by atoms with Crippen LogP contribution in [0.2, 0.25) is 0 Å². The molecule has 0 unspecified atom stereocenters. The maximum absolute atomic E-state index is 9.58. The summed E-state index contributed by atoms with van der Waals surface area (Å²) in [6.07, 6.45) is 16.2. The van der Waals surface area contributed by atoms with Crippen molar-refractivity contribution >= 4 is 10.6 Å². The lowest BCUT2D eigenvalue weighted by Crippen LogP contribution is -1.95. The predicted octanol–water partition coefficient (Wildman–Crippen LogP) is 6.89. The minimum absolute atomic E-state index is 0.638. The molecule has 1 aromatic carbocycles. The third-order valence-corrected chi connectivity index (χ3v) is 5.35. The van der Waals surface area contributed by atoms with Gasteiger partial charge in [-0.1, -0.05) is 76.8 Å². The van der Waals surface area contributed by atoms with Gasteiger partial charge in [-0.2, -0.15) is 10.6 Å². The van der Waals surface area contributed by atoms with Crippen LogP contribution in [0.5, 0.6) is 0 Å². The lowest BCUT2D eigenvalue weighted by atomic mass is 10.0. The molecule has 3 heteroatoms. The molecule has 2 N–H and O–H groups in total. The molecule has 0 bridgehead atoms. The van der Waals surface area contributed by atoms with Crippen molar-refractivity contribution < 1.29 is 9.11 Å². The minimum atomic E-state index is -2.56. The summed E-state index contributed by atoms with van der Waals surface area (Å²) in [4.78, 5) is 0.638. The molecule has 1 rings (SSSR count). The first-order chi connectivity index (χ1) is 10.5. The number of hydrogen-bond acceptors (Lipinski definition) is 2. The molecule has 0 amide bonds. The van der Waals surface area contributed by atoms with Crippen LogP contribution >= 0.6 is 10.6 Å². The van der Waals surface area contributed by atoms with E-state index in [-0.39, 0.29) is 0 Å². The van der Waals surface area contributed by atoms with E-state index in [9.17, 15) is 9.11 Å². The molecule has 0 spiro atoms. The van der Waals surface area contributed by atoms with Gasteiger partial charge in [0.1, 0.15) is 0 Å². The van der Waals surface area contributed by atoms with E-state index in [4.69, 9.17) is 0 Å². The Hall–Kier alpha value is -0.510. The van der Waals surface area contributed by atoms with Gasteiger partial charge in [-0.3, -0.25) is 9.11 Å². The van der Waals surface area contributed by atoms with Crippen LogP contribution in [0, 0.1) is 0 Å². The zero-order valence-corrected chi connectivity index (χ0v) is 15.2. The van der Waals surface area contributed by atoms with Crippen molar-refractivity contribution in [3.05, 3.63) is 29.8 Å². The fourth-order valence-corrected chi connectivity index (χ4v) is 3.38. The van der Waals surface area contributed by atoms with E-state index < -0.39 is 10.6 Å². The van der Waals surface area contributed by atoms with Gasteiger partial charge >= 0.3 is 0 Å². The molecule has 0 atom stereocenters. The van der Waals surface area contributed by atoms with Crippen molar-refractivity contribution in [1.82, 2.24) is 0 Å². The maximum atomic E-state index is 9.58. The lowest BCUT2D eigenvalue weighted by Gasteiger charge is -2.26. The van der Waals surface area contributed by atoms with Crippen molar-refractivity contribution in [3.8, 4) is 0 Å². The number of hydrogen-bond donors (Lipinski definition) is 2. The van der Waals surface area contributed by atoms with Gasteiger partial charge in [0.05, 0.1) is 4.90 Å². The molecule has 0 radical (unpaired) electrons. The van der Waals surface area contributed by atoms with Crippen molar-refractivity contribution in [2.45, 2.75) is 82.4 Å². The van der Waals surface area contributed by atoms with E-state index in [0.717, 1.165) is 6.42 Å². The first kappa shape index (κ1) is 19.5. The zero-order valence-electron chi connectivity index (χ0n) is 14.4. The van der Waals surface area contributed by atoms with Gasteiger partial charge in [0.15, 0.2) is 0 Å². The second-order valence-electron chi connectivity index (χ2n) is 6.41. The number of rotatable bonds is 12. The molecule has 0 saturated carbocycles. The highest BCUT2D eigenvalue weighted by atomic mass is 32.3. The molecule has 0 aromatic heterocycles. The number of aryl methyl sites for hydroxylation is 1. The van der Waals surface area contributed by atoms with E-state index in [0.29, 0.717) is 4.90 Å². The first-order valence-electron chi connectivity index (χ1n) is 8.86. The highest BCUT2D eigenvalue weighted by molar-refractivity contribution is 8.23. The van der Waals surface area contributed by atoms with E-state index in [1.54, 1.807) is 0 Å². The normalized spacial score (nSPS) is 12.5. The van der Waals surface area contributed by atoms with E-state index in [1.165, 1.54) is 76.0 Å². The van der Waals surface area contributed by atoms with Crippen LogP contribution in [0.25, 0.3) is 0 Å². The summed E-state index contributed by atoms with van der Waals surface area (Å²) in [5, 5.41) is 0. The van der Waals surface area contributed by atoms with Gasteiger partial charge < -0.3 is 0 Å². The summed E-state index contributed by atoms with van der Waals surface area (Å²) < 4.78 is 19.2. The van der Waals surface area contributed by atoms with Gasteiger partial charge in [-0.25, -0.2) is 0 Å². The summed E-state index contributed by atoms with van der Waals surface area (Å²) in [5.74, 6) is 0. The van der Waals surface area contributed by atoms with Crippen molar-refractivity contribution in [3.63, 3.8) is 0 Å². The first-order valence-corrected chi connectivity index (χ1v) is 10.8. The summed E-state index contributed by atoms with van der Waals surface area (Å²) in [7, 11) is -2.56. The van der Waals surface area contributed by atoms with Gasteiger partial charge in [0, 0.05) is 6.26 Å². The second kappa shape index (κ2) is 11.1. The Morgan fingerprint density at radius 3 is 1.64 bits per heavy atom. The number of unbranched alkanes of at least 4 members (excludes halogenated alkanes) is 9. The van der Waals surface area contributed by atoms with Crippen LogP contribution in [0.1, 0.15) is 76.7 Å². The van der Waals surface area contributed by atoms with Gasteiger partial charge in [-0.15, -0.1) is 0 Å². The van der Waals surface area contributed by atoms with E-state index >= 15 is 0 Å². The van der Waals surface area contributed by atoms with Gasteiger partial charge in [0.25, 0.3) is 0 Å². The highest BCUT2D eigenvalue weighted by Gasteiger charge is 2.07. The fourth-order valence-electron chi connectivity index (χ4n) is 2.73. The summed E-state index contributed by atoms with van der Waals surface area (Å²) >= 11 is 0. The monoisotopic (exact) mass is 326 g/mol. The molecule has 2 nitrogen and oxygen atoms in total. The molecule has 0 aliphatic heterocycles. The third kappa shape index (κ3) is 8.82. The molecule has 0 heterocycles. The molecule has 128 valence electrons. The Morgan fingerprint density at radius 1 is 0.727 bits per heavy atom. The summed E-state index contributed by atoms with van der Waals surface area (Å²) in [5.41, 5.74) is 1.30. The second-order valence-corrected chi connectivity index (χ2v) is 8.55. The zero-order chi connectivity index (χ0) is 16.3. The molecule has 0 aliphatic rings. The Balaban J connectivity index is 2.03. The molecule has 0 fully saturated rings. The molecular weight excluding hydrogens is 292 g/mol. The Kier molecular flexibility index (Phi) is 9.85. The predicted molar refractivity (Wildman–Crippen MR) is 99.0 cm³/mol. The topological polar surface area (TPSA) is 40.5 Å². The average molecular weight is 327 g/mol. The molecule has 0 aliphatic carbocycles. The summed E-state index contributed by atoms with van der Waals surface area (Å²) in [6.45, 7) is 2.26. The smallest absolute Gasteiger partial charge is 0.0580 e. The van der Waals surface area contributed by atoms with Crippen LogP contribution in [0.15, 0.2) is 29.2 Å². The molecule has 0 saturated heterocycles. The van der Waals surface area contributed by atoms with Gasteiger partial charge in [0.2, 0.25) is 0 Å². The van der Waals surface area contributed by atoms with Gasteiger partial charge in [-0.05, 0) is 30.5 Å². The van der Waals surface area contributed by atoms with Crippen molar-refractivity contribution in [2.24, 2.45) is 0 Å². The van der Waals surface area contributed by atoms with E-state index in [2.05, 4.69) is 6.92 Å². The standard InChI is InChI=1S/C19H34O2S/c1-3-4-5-6-7-8-9-10-11-12-13-18-14-16-19(17-15-18)22(2,20)21/h14-17,20-21H,3-13H2,1-2H3. The van der Waals surface area contributed by atoms with Crippen molar-refractivity contribution in [1.29, 1.82) is 0 Å². The van der Waals surface area contributed by atoms with E-state index in [1.807, 2.05) is 24.3 Å². The third-order valence-electron chi connectivity index (χ3n) is 4.19. The van der Waals surface area contributed by atoms with Crippen LogP contribution in [-0.2, 0) is 6.42 Å². The molecule has 22 heavy (non-hydrogen) atoms. The fraction of sp³-hybridized carbons (Fsp3) is 0.684. The quantitative estimate of drug-likeness (QED) is 0.410. The summed E-state index contributed by atoms with van der Waals surface area (Å²) in [6, 6.07) is 7.75. The van der Waals surface area contributed by atoms with Crippen molar-refractivity contribution in [2.75, 3.05) is 6.26 Å². The van der Waals surface area contributed by atoms with Crippen LogP contribution in [-0.4, -0.2) is 15.4 Å². The Labute approximate surface area is 138 Å². The molecular formula is C19H34O2S. The van der Waals surface area contributed by atoms with Crippen LogP contribution in [0.4, 0.5) is 0 Å².